The van der Waals surface area contributed by atoms with Crippen molar-refractivity contribution in [3.63, 3.8) is 0 Å². The van der Waals surface area contributed by atoms with Crippen molar-refractivity contribution >= 4 is 11.6 Å². The standard InChI is InChI=1S/C14H12Cl/c15-14(13-9-5-2-6-10-13)11-12-7-3-1-4-8-12/h1-11,14H. The van der Waals surface area contributed by atoms with Gasteiger partial charge in [-0.15, -0.1) is 11.6 Å². The minimum atomic E-state index is -0.0615. The van der Waals surface area contributed by atoms with E-state index in [2.05, 4.69) is 18.6 Å². The highest BCUT2D eigenvalue weighted by atomic mass is 35.5. The lowest BCUT2D eigenvalue weighted by Crippen LogP contribution is -1.92. The van der Waals surface area contributed by atoms with Crippen LogP contribution in [0.5, 0.6) is 0 Å². The zero-order valence-corrected chi connectivity index (χ0v) is 9.06. The van der Waals surface area contributed by atoms with Crippen molar-refractivity contribution in [2.24, 2.45) is 0 Å². The van der Waals surface area contributed by atoms with Crippen LogP contribution in [0.1, 0.15) is 16.5 Å². The molecule has 1 unspecified atom stereocenters. The SMILES string of the molecule is ClC([CH]c1ccccc1)c1ccccc1. The van der Waals surface area contributed by atoms with Crippen molar-refractivity contribution in [2.75, 3.05) is 0 Å². The van der Waals surface area contributed by atoms with Crippen LogP contribution < -0.4 is 0 Å². The van der Waals surface area contributed by atoms with Crippen LogP contribution in [-0.2, 0) is 0 Å². The van der Waals surface area contributed by atoms with Crippen molar-refractivity contribution in [2.45, 2.75) is 5.38 Å². The van der Waals surface area contributed by atoms with Crippen molar-refractivity contribution in [3.8, 4) is 0 Å². The van der Waals surface area contributed by atoms with Gasteiger partial charge in [0.05, 0.1) is 5.38 Å². The van der Waals surface area contributed by atoms with E-state index in [4.69, 9.17) is 11.6 Å². The highest BCUT2D eigenvalue weighted by molar-refractivity contribution is 6.21. The van der Waals surface area contributed by atoms with E-state index in [1.165, 1.54) is 0 Å². The summed E-state index contributed by atoms with van der Waals surface area (Å²) in [5.41, 5.74) is 2.28. The van der Waals surface area contributed by atoms with Crippen LogP contribution in [0.25, 0.3) is 0 Å². The third kappa shape index (κ3) is 2.84. The molecule has 0 aliphatic carbocycles. The molecule has 0 aromatic heterocycles. The lowest BCUT2D eigenvalue weighted by atomic mass is 10.0. The van der Waals surface area contributed by atoms with Crippen molar-refractivity contribution in [1.82, 2.24) is 0 Å². The fraction of sp³-hybridized carbons (Fsp3) is 0.0714. The van der Waals surface area contributed by atoms with Crippen LogP contribution in [0.3, 0.4) is 0 Å². The summed E-state index contributed by atoms with van der Waals surface area (Å²) in [6.07, 6.45) is 2.05. The molecule has 0 nitrogen and oxygen atoms in total. The Labute approximate surface area is 95.5 Å². The number of rotatable bonds is 3. The number of hydrogen-bond acceptors (Lipinski definition) is 0. The van der Waals surface area contributed by atoms with Gasteiger partial charge in [-0.3, -0.25) is 0 Å². The lowest BCUT2D eigenvalue weighted by molar-refractivity contribution is 1.12. The van der Waals surface area contributed by atoms with Crippen LogP contribution in [-0.4, -0.2) is 0 Å². The van der Waals surface area contributed by atoms with E-state index in [1.54, 1.807) is 0 Å². The molecule has 0 heterocycles. The van der Waals surface area contributed by atoms with E-state index in [0.29, 0.717) is 0 Å². The van der Waals surface area contributed by atoms with Crippen LogP contribution >= 0.6 is 11.6 Å². The molecular formula is C14H12Cl. The van der Waals surface area contributed by atoms with E-state index in [9.17, 15) is 0 Å². The van der Waals surface area contributed by atoms with Crippen molar-refractivity contribution < 1.29 is 0 Å². The first-order chi connectivity index (χ1) is 7.36. The highest BCUT2D eigenvalue weighted by Crippen LogP contribution is 2.26. The lowest BCUT2D eigenvalue weighted by Gasteiger charge is -2.08. The Bertz CT molecular complexity index is 394. The number of halogens is 1. The average Bonchev–Trinajstić information content (AvgIpc) is 2.31. The molecule has 1 heteroatoms. The third-order valence-electron chi connectivity index (χ3n) is 2.26. The summed E-state index contributed by atoms with van der Waals surface area (Å²) < 4.78 is 0. The third-order valence-corrected chi connectivity index (χ3v) is 2.63. The summed E-state index contributed by atoms with van der Waals surface area (Å²) in [5, 5.41) is -0.0615. The number of benzene rings is 2. The minimum absolute atomic E-state index is 0.0615. The second-order valence-corrected chi connectivity index (χ2v) is 3.86. The first-order valence-corrected chi connectivity index (χ1v) is 5.39. The predicted molar refractivity (Wildman–Crippen MR) is 64.9 cm³/mol. The Balaban J connectivity index is 2.08. The normalized spacial score (nSPS) is 12.3. The van der Waals surface area contributed by atoms with E-state index >= 15 is 0 Å². The fourth-order valence-electron chi connectivity index (χ4n) is 1.47. The number of hydrogen-bond donors (Lipinski definition) is 0. The quantitative estimate of drug-likeness (QED) is 0.673. The molecule has 2 aromatic rings. The van der Waals surface area contributed by atoms with Gasteiger partial charge in [0.2, 0.25) is 0 Å². The summed E-state index contributed by atoms with van der Waals surface area (Å²) >= 11 is 6.29. The average molecular weight is 216 g/mol. The number of alkyl halides is 1. The van der Waals surface area contributed by atoms with Gasteiger partial charge in [0, 0.05) is 6.42 Å². The Kier molecular flexibility index (Phi) is 3.41. The second-order valence-electron chi connectivity index (χ2n) is 3.39. The van der Waals surface area contributed by atoms with Gasteiger partial charge in [-0.2, -0.15) is 0 Å². The first-order valence-electron chi connectivity index (χ1n) is 4.95. The Morgan fingerprint density at radius 1 is 0.800 bits per heavy atom. The molecule has 0 saturated carbocycles. The van der Waals surface area contributed by atoms with Crippen molar-refractivity contribution in [1.29, 1.82) is 0 Å². The summed E-state index contributed by atoms with van der Waals surface area (Å²) in [5.74, 6) is 0. The molecule has 75 valence electrons. The molecule has 2 rings (SSSR count). The Morgan fingerprint density at radius 2 is 1.33 bits per heavy atom. The smallest absolute Gasteiger partial charge is 0.0660 e. The van der Waals surface area contributed by atoms with E-state index in [-0.39, 0.29) is 5.38 Å². The molecule has 0 aliphatic heterocycles. The van der Waals surface area contributed by atoms with E-state index in [1.807, 2.05) is 48.5 Å². The van der Waals surface area contributed by atoms with Crippen LogP contribution in [0, 0.1) is 6.42 Å². The first kappa shape index (κ1) is 10.3. The molecule has 0 spiro atoms. The molecule has 0 saturated heterocycles. The van der Waals surface area contributed by atoms with Crippen LogP contribution in [0.2, 0.25) is 0 Å². The van der Waals surface area contributed by atoms with Gasteiger partial charge in [0.15, 0.2) is 0 Å². The maximum absolute atomic E-state index is 6.29. The van der Waals surface area contributed by atoms with Crippen molar-refractivity contribution in [3.05, 3.63) is 78.2 Å². The molecule has 15 heavy (non-hydrogen) atoms. The predicted octanol–water partition coefficient (Wildman–Crippen LogP) is 4.22. The molecule has 0 fully saturated rings. The van der Waals surface area contributed by atoms with Crippen LogP contribution in [0.4, 0.5) is 0 Å². The molecule has 0 bridgehead atoms. The summed E-state index contributed by atoms with van der Waals surface area (Å²) in [6.45, 7) is 0. The second kappa shape index (κ2) is 4.99. The molecule has 1 atom stereocenters. The van der Waals surface area contributed by atoms with Gasteiger partial charge in [0.25, 0.3) is 0 Å². The molecule has 0 N–H and O–H groups in total. The molecule has 0 amide bonds. The van der Waals surface area contributed by atoms with Gasteiger partial charge >= 0.3 is 0 Å². The zero-order valence-electron chi connectivity index (χ0n) is 8.31. The molecule has 0 aliphatic rings. The minimum Gasteiger partial charge on any atom is -0.117 e. The van der Waals surface area contributed by atoms with Gasteiger partial charge in [-0.05, 0) is 11.1 Å². The summed E-state index contributed by atoms with van der Waals surface area (Å²) in [4.78, 5) is 0. The maximum atomic E-state index is 6.29. The van der Waals surface area contributed by atoms with Gasteiger partial charge in [0.1, 0.15) is 0 Å². The van der Waals surface area contributed by atoms with Gasteiger partial charge in [-0.25, -0.2) is 0 Å². The topological polar surface area (TPSA) is 0 Å². The summed E-state index contributed by atoms with van der Waals surface area (Å²) in [6, 6.07) is 20.2. The Hall–Kier alpha value is -1.27. The van der Waals surface area contributed by atoms with Gasteiger partial charge in [-0.1, -0.05) is 60.7 Å². The zero-order chi connectivity index (χ0) is 10.5. The highest BCUT2D eigenvalue weighted by Gasteiger charge is 2.07. The van der Waals surface area contributed by atoms with Crippen LogP contribution in [0.15, 0.2) is 60.7 Å². The fourth-order valence-corrected chi connectivity index (χ4v) is 1.76. The summed E-state index contributed by atoms with van der Waals surface area (Å²) in [7, 11) is 0. The van der Waals surface area contributed by atoms with E-state index in [0.717, 1.165) is 11.1 Å². The molecule has 1 radical (unpaired) electrons. The Morgan fingerprint density at radius 3 is 1.93 bits per heavy atom. The van der Waals surface area contributed by atoms with E-state index < -0.39 is 0 Å². The van der Waals surface area contributed by atoms with Gasteiger partial charge < -0.3 is 0 Å². The monoisotopic (exact) mass is 215 g/mol. The molecule has 2 aromatic carbocycles. The maximum Gasteiger partial charge on any atom is 0.0660 e. The molecular weight excluding hydrogens is 204 g/mol. The largest absolute Gasteiger partial charge is 0.117 e.